The molecule has 2 heterocycles. The molecule has 1 N–H and O–H groups in total. The fraction of sp³-hybridized carbons (Fsp3) is 0.312. The van der Waals surface area contributed by atoms with E-state index in [2.05, 4.69) is 9.88 Å². The van der Waals surface area contributed by atoms with Crippen molar-refractivity contribution in [1.29, 1.82) is 0 Å². The van der Waals surface area contributed by atoms with Gasteiger partial charge in [-0.2, -0.15) is 26.3 Å². The molecule has 240 valence electrons. The van der Waals surface area contributed by atoms with Gasteiger partial charge < -0.3 is 14.8 Å². The molecule has 5 rings (SSSR count). The minimum absolute atomic E-state index is 0. The van der Waals surface area contributed by atoms with Gasteiger partial charge in [0.25, 0.3) is 11.8 Å². The summed E-state index contributed by atoms with van der Waals surface area (Å²) in [6.07, 6.45) is -8.00. The SMILES string of the molecule is CN(C)C(=O)c1ccc(CN2CCN(C(=O)c3cc(C(F)(F)F)cc(C(F)(F)F)c3)[C@H](Cc3c[nH]c4ccccc34)C2)cc1.Cl. The van der Waals surface area contributed by atoms with Gasteiger partial charge in [-0.15, -0.1) is 12.4 Å². The minimum atomic E-state index is -5.06. The lowest BCUT2D eigenvalue weighted by molar-refractivity contribution is -0.143. The first kappa shape index (κ1) is 33.9. The molecule has 13 heteroatoms. The summed E-state index contributed by atoms with van der Waals surface area (Å²) in [5.41, 5.74) is -0.530. The topological polar surface area (TPSA) is 59.7 Å². The van der Waals surface area contributed by atoms with Crippen LogP contribution in [0.4, 0.5) is 26.3 Å². The molecule has 45 heavy (non-hydrogen) atoms. The Bertz CT molecular complexity index is 1630. The fourth-order valence-corrected chi connectivity index (χ4v) is 5.57. The van der Waals surface area contributed by atoms with Crippen LogP contribution in [0.5, 0.6) is 0 Å². The van der Waals surface area contributed by atoms with Crippen LogP contribution in [0, 0.1) is 0 Å². The molecule has 1 atom stereocenters. The predicted molar refractivity (Wildman–Crippen MR) is 160 cm³/mol. The Morgan fingerprint density at radius 1 is 0.867 bits per heavy atom. The van der Waals surface area contributed by atoms with Gasteiger partial charge in [-0.3, -0.25) is 14.5 Å². The molecule has 1 fully saturated rings. The highest BCUT2D eigenvalue weighted by molar-refractivity contribution is 5.95. The lowest BCUT2D eigenvalue weighted by Gasteiger charge is -2.42. The fourth-order valence-electron chi connectivity index (χ4n) is 5.57. The predicted octanol–water partition coefficient (Wildman–Crippen LogP) is 6.90. The van der Waals surface area contributed by atoms with Crippen LogP contribution in [0.2, 0.25) is 0 Å². The molecule has 1 aliphatic heterocycles. The van der Waals surface area contributed by atoms with Gasteiger partial charge in [-0.25, -0.2) is 0 Å². The van der Waals surface area contributed by atoms with E-state index in [1.165, 1.54) is 9.80 Å². The largest absolute Gasteiger partial charge is 0.416 e. The van der Waals surface area contributed by atoms with Crippen LogP contribution in [0.15, 0.2) is 72.9 Å². The highest BCUT2D eigenvalue weighted by Crippen LogP contribution is 2.37. The molecule has 3 aromatic carbocycles. The number of hydrogen-bond donors (Lipinski definition) is 1. The number of fused-ring (bicyclic) bond motifs is 1. The zero-order chi connectivity index (χ0) is 31.8. The summed E-state index contributed by atoms with van der Waals surface area (Å²) in [6.45, 7) is 1.25. The minimum Gasteiger partial charge on any atom is -0.361 e. The molecule has 2 amide bonds. The van der Waals surface area contributed by atoms with Crippen LogP contribution in [-0.4, -0.2) is 71.3 Å². The van der Waals surface area contributed by atoms with Crippen LogP contribution in [0.25, 0.3) is 10.9 Å². The van der Waals surface area contributed by atoms with Gasteiger partial charge in [0.05, 0.1) is 11.1 Å². The molecule has 0 saturated carbocycles. The summed E-state index contributed by atoms with van der Waals surface area (Å²) in [7, 11) is 3.32. The Balaban J connectivity index is 0.00000461. The first-order valence-electron chi connectivity index (χ1n) is 13.9. The monoisotopic (exact) mass is 652 g/mol. The maximum Gasteiger partial charge on any atom is 0.416 e. The number of para-hydroxylation sites is 1. The van der Waals surface area contributed by atoms with Crippen molar-refractivity contribution in [2.75, 3.05) is 33.7 Å². The van der Waals surface area contributed by atoms with Crippen LogP contribution in [0.1, 0.15) is 43.0 Å². The average molecular weight is 653 g/mol. The summed E-state index contributed by atoms with van der Waals surface area (Å²) in [4.78, 5) is 34.1. The number of H-pyrrole nitrogens is 1. The molecular weight excluding hydrogens is 622 g/mol. The Morgan fingerprint density at radius 3 is 2.09 bits per heavy atom. The summed E-state index contributed by atoms with van der Waals surface area (Å²) < 4.78 is 81.4. The van der Waals surface area contributed by atoms with Crippen molar-refractivity contribution >= 4 is 35.1 Å². The van der Waals surface area contributed by atoms with Gasteiger partial charge in [-0.1, -0.05) is 30.3 Å². The van der Waals surface area contributed by atoms with Gasteiger partial charge >= 0.3 is 12.4 Å². The number of hydrogen-bond acceptors (Lipinski definition) is 3. The number of benzene rings is 3. The molecule has 0 spiro atoms. The third-order valence-corrected chi connectivity index (χ3v) is 7.81. The number of piperazine rings is 1. The van der Waals surface area contributed by atoms with Crippen molar-refractivity contribution in [1.82, 2.24) is 19.7 Å². The number of nitrogens with zero attached hydrogens (tertiary/aromatic N) is 3. The van der Waals surface area contributed by atoms with Gasteiger partial charge in [0.1, 0.15) is 0 Å². The zero-order valence-electron chi connectivity index (χ0n) is 24.4. The van der Waals surface area contributed by atoms with Crippen molar-refractivity contribution in [3.63, 3.8) is 0 Å². The second kappa shape index (κ2) is 13.1. The van der Waals surface area contributed by atoms with Gasteiger partial charge in [-0.05, 0) is 53.9 Å². The lowest BCUT2D eigenvalue weighted by atomic mass is 9.98. The molecule has 0 radical (unpaired) electrons. The van der Waals surface area contributed by atoms with E-state index in [1.807, 2.05) is 36.4 Å². The van der Waals surface area contributed by atoms with E-state index >= 15 is 0 Å². The van der Waals surface area contributed by atoms with E-state index in [0.29, 0.717) is 43.8 Å². The first-order valence-corrected chi connectivity index (χ1v) is 13.9. The number of carbonyl (C=O) groups is 2. The third kappa shape index (κ3) is 7.62. The smallest absolute Gasteiger partial charge is 0.361 e. The van der Waals surface area contributed by atoms with Gasteiger partial charge in [0, 0.05) is 74.5 Å². The van der Waals surface area contributed by atoms with Crippen molar-refractivity contribution in [3.8, 4) is 0 Å². The number of halogens is 7. The lowest BCUT2D eigenvalue weighted by Crippen LogP contribution is -2.55. The standard InChI is InChI=1S/C32H30F6N4O2.ClH/c1-40(2)29(43)21-9-7-20(8-10-21)18-41-11-12-42(26(19-41)15-23-17-39-28-6-4-3-5-27(23)28)30(44)22-13-24(31(33,34)35)16-25(14-22)32(36,37)38;/h3-10,13-14,16-17,26,39H,11-12,15,18-19H2,1-2H3;1H/t26-;/m1./s1. The van der Waals surface area contributed by atoms with E-state index in [9.17, 15) is 35.9 Å². The molecule has 6 nitrogen and oxygen atoms in total. The Hall–Kier alpha value is -4.03. The van der Waals surface area contributed by atoms with Gasteiger partial charge in [0.2, 0.25) is 0 Å². The highest BCUT2D eigenvalue weighted by Gasteiger charge is 2.39. The molecule has 1 aliphatic rings. The van der Waals surface area contributed by atoms with Crippen LogP contribution < -0.4 is 0 Å². The Morgan fingerprint density at radius 2 is 1.49 bits per heavy atom. The van der Waals surface area contributed by atoms with Crippen LogP contribution in [-0.2, 0) is 25.3 Å². The Labute approximate surface area is 262 Å². The molecule has 0 bridgehead atoms. The normalized spacial score (nSPS) is 16.0. The maximum absolute atomic E-state index is 13.7. The van der Waals surface area contributed by atoms with Crippen molar-refractivity contribution < 1.29 is 35.9 Å². The van der Waals surface area contributed by atoms with Crippen LogP contribution >= 0.6 is 12.4 Å². The number of rotatable bonds is 6. The highest BCUT2D eigenvalue weighted by atomic mass is 35.5. The maximum atomic E-state index is 13.7. The molecule has 1 saturated heterocycles. The third-order valence-electron chi connectivity index (χ3n) is 7.81. The van der Waals surface area contributed by atoms with Crippen molar-refractivity contribution in [2.24, 2.45) is 0 Å². The Kier molecular flexibility index (Phi) is 9.88. The van der Waals surface area contributed by atoms with E-state index in [1.54, 1.807) is 32.4 Å². The van der Waals surface area contributed by atoms with Crippen molar-refractivity contribution in [2.45, 2.75) is 31.4 Å². The van der Waals surface area contributed by atoms with Crippen molar-refractivity contribution in [3.05, 3.63) is 106 Å². The molecule has 1 aromatic heterocycles. The molecular formula is C32H31ClF6N4O2. The molecule has 0 unspecified atom stereocenters. The van der Waals surface area contributed by atoms with Gasteiger partial charge in [0.15, 0.2) is 0 Å². The van der Waals surface area contributed by atoms with E-state index in [0.717, 1.165) is 22.0 Å². The van der Waals surface area contributed by atoms with E-state index < -0.39 is 41.0 Å². The zero-order valence-corrected chi connectivity index (χ0v) is 25.2. The molecule has 4 aromatic rings. The quantitative estimate of drug-likeness (QED) is 0.231. The number of amides is 2. The summed E-state index contributed by atoms with van der Waals surface area (Å²) in [6, 6.07) is 15.1. The summed E-state index contributed by atoms with van der Waals surface area (Å²) >= 11 is 0. The van der Waals surface area contributed by atoms with E-state index in [-0.39, 0.29) is 30.9 Å². The van der Waals surface area contributed by atoms with Crippen LogP contribution in [0.3, 0.4) is 0 Å². The first-order chi connectivity index (χ1) is 20.7. The number of nitrogens with one attached hydrogen (secondary N) is 1. The second-order valence-electron chi connectivity index (χ2n) is 11.1. The molecule has 0 aliphatic carbocycles. The average Bonchev–Trinajstić information content (AvgIpc) is 3.38. The number of aromatic amines is 1. The number of alkyl halides is 6. The summed E-state index contributed by atoms with van der Waals surface area (Å²) in [5, 5.41) is 0.914. The summed E-state index contributed by atoms with van der Waals surface area (Å²) in [5.74, 6) is -1.02. The number of aromatic nitrogens is 1. The number of carbonyl (C=O) groups excluding carboxylic acids is 2. The second-order valence-corrected chi connectivity index (χ2v) is 11.1. The van der Waals surface area contributed by atoms with E-state index in [4.69, 9.17) is 0 Å².